The lowest BCUT2D eigenvalue weighted by Gasteiger charge is -2.49. The monoisotopic (exact) mass is 1100 g/mol. The lowest BCUT2D eigenvalue weighted by molar-refractivity contribution is 0.488. The molecule has 0 saturated carbocycles. The Morgan fingerprint density at radius 2 is 0.607 bits per heavy atom. The summed E-state index contributed by atoms with van der Waals surface area (Å²) in [6.45, 7) is -0.0495. The van der Waals surface area contributed by atoms with Crippen LogP contribution in [0.15, 0.2) is 303 Å². The van der Waals surface area contributed by atoms with Crippen LogP contribution in [0.1, 0.15) is 0 Å². The first-order valence-electron chi connectivity index (χ1n) is 29.4. The first kappa shape index (κ1) is 47.6. The lowest BCUT2D eigenvalue weighted by Crippen LogP contribution is -2.93. The predicted octanol–water partition coefficient (Wildman–Crippen LogP) is 8.96. The Morgan fingerprint density at radius 3 is 1.10 bits per heavy atom. The number of fused-ring (bicyclic) bond motifs is 20. The summed E-state index contributed by atoms with van der Waals surface area (Å²) < 4.78 is 14.8. The van der Waals surface area contributed by atoms with Crippen molar-refractivity contribution < 1.29 is 9.47 Å². The number of benzene rings is 13. The van der Waals surface area contributed by atoms with E-state index in [9.17, 15) is 0 Å². The molecule has 0 aromatic heterocycles. The van der Waals surface area contributed by atoms with Gasteiger partial charge in [-0.2, -0.15) is 0 Å². The van der Waals surface area contributed by atoms with E-state index in [1.807, 2.05) is 0 Å². The zero-order chi connectivity index (χ0) is 55.1. The molecule has 2 nitrogen and oxygen atoms in total. The highest BCUT2D eigenvalue weighted by Crippen LogP contribution is 2.48. The normalized spacial score (nSPS) is 14.9. The van der Waals surface area contributed by atoms with Crippen molar-refractivity contribution in [2.45, 2.75) is 0 Å². The van der Waals surface area contributed by atoms with Gasteiger partial charge < -0.3 is 9.47 Å². The molecule has 18 rings (SSSR count). The summed E-state index contributed by atoms with van der Waals surface area (Å²) in [4.78, 5) is 0. The van der Waals surface area contributed by atoms with Crippen molar-refractivity contribution in [3.05, 3.63) is 303 Å². The third kappa shape index (κ3) is 6.52. The van der Waals surface area contributed by atoms with Crippen LogP contribution in [-0.4, -0.2) is 29.6 Å². The van der Waals surface area contributed by atoms with Crippen molar-refractivity contribution in [3.63, 3.8) is 0 Å². The van der Waals surface area contributed by atoms with Crippen LogP contribution in [0.25, 0.3) is 55.6 Å². The number of rotatable bonds is 5. The van der Waals surface area contributed by atoms with Crippen molar-refractivity contribution >= 4 is 104 Å². The van der Waals surface area contributed by atoms with Crippen LogP contribution in [0.4, 0.5) is 0 Å². The van der Waals surface area contributed by atoms with E-state index in [1.54, 1.807) is 0 Å². The minimum atomic E-state index is -3.09. The van der Waals surface area contributed by atoms with Gasteiger partial charge >= 0.3 is 0 Å². The molecular weight excluding hydrogens is 1050 g/mol. The van der Waals surface area contributed by atoms with Gasteiger partial charge in [-0.05, 0) is 149 Å². The Bertz CT molecular complexity index is 4790. The molecule has 0 amide bonds. The van der Waals surface area contributed by atoms with Crippen molar-refractivity contribution in [2.24, 2.45) is 0 Å². The second kappa shape index (κ2) is 18.3. The Balaban J connectivity index is 0.786. The molecule has 0 bridgehead atoms. The van der Waals surface area contributed by atoms with Crippen LogP contribution in [-0.2, 0) is 0 Å². The van der Waals surface area contributed by atoms with Gasteiger partial charge in [0.2, 0.25) is 0 Å². The highest BCUT2D eigenvalue weighted by Gasteiger charge is 2.58. The highest BCUT2D eigenvalue weighted by molar-refractivity contribution is 7.31. The minimum Gasteiger partial charge on any atom is -0.458 e. The second-order valence-electron chi connectivity index (χ2n) is 23.2. The van der Waals surface area contributed by atoms with E-state index >= 15 is 0 Å². The molecule has 13 aromatic carbocycles. The maximum absolute atomic E-state index is 7.47. The molecule has 6 heteroatoms. The average molecular weight is 1100 g/mol. The van der Waals surface area contributed by atoms with Crippen LogP contribution in [0.5, 0.6) is 23.0 Å². The maximum atomic E-state index is 7.47. The Morgan fingerprint density at radius 1 is 0.238 bits per heavy atom. The summed E-state index contributed by atoms with van der Waals surface area (Å²) in [5.41, 5.74) is 19.9. The summed E-state index contributed by atoms with van der Waals surface area (Å²) in [6.07, 6.45) is 0. The first-order chi connectivity index (χ1) is 41.7. The molecule has 1 unspecified atom stereocenters. The van der Waals surface area contributed by atoms with Crippen LogP contribution < -0.4 is 83.7 Å². The van der Waals surface area contributed by atoms with Crippen LogP contribution in [0.2, 0.25) is 0 Å². The topological polar surface area (TPSA) is 18.5 Å². The minimum absolute atomic E-state index is 0.0225. The van der Waals surface area contributed by atoms with Gasteiger partial charge in [0.15, 0.2) is 16.1 Å². The molecule has 1 spiro atoms. The molecular formula is C78H50B2O2Si2. The zero-order valence-electron chi connectivity index (χ0n) is 45.8. The van der Waals surface area contributed by atoms with Gasteiger partial charge in [-0.3, -0.25) is 0 Å². The van der Waals surface area contributed by atoms with E-state index in [4.69, 9.17) is 9.47 Å². The second-order valence-corrected chi connectivity index (χ2v) is 30.6. The highest BCUT2D eigenvalue weighted by atomic mass is 28.3. The largest absolute Gasteiger partial charge is 0.458 e. The maximum Gasteiger partial charge on any atom is 0.250 e. The number of hydrogen-bond acceptors (Lipinski definition) is 2. The van der Waals surface area contributed by atoms with Crippen molar-refractivity contribution in [2.75, 3.05) is 0 Å². The summed E-state index contributed by atoms with van der Waals surface area (Å²) in [6, 6.07) is 114. The van der Waals surface area contributed by atoms with Gasteiger partial charge in [0.1, 0.15) is 23.0 Å². The first-order valence-corrected chi connectivity index (χ1v) is 33.4. The summed E-state index contributed by atoms with van der Waals surface area (Å²) in [7, 11) is -5.94. The van der Waals surface area contributed by atoms with Gasteiger partial charge in [0.05, 0.1) is 0 Å². The van der Waals surface area contributed by atoms with E-state index in [0.29, 0.717) is 0 Å². The van der Waals surface area contributed by atoms with E-state index in [1.165, 1.54) is 119 Å². The molecule has 0 N–H and O–H groups in total. The molecule has 1 atom stereocenters. The molecule has 84 heavy (non-hydrogen) atoms. The van der Waals surface area contributed by atoms with E-state index < -0.39 is 16.1 Å². The fraction of sp³-hybridized carbons (Fsp3) is 0. The summed E-state index contributed by atoms with van der Waals surface area (Å²) >= 11 is 0. The molecule has 0 saturated heterocycles. The van der Waals surface area contributed by atoms with Gasteiger partial charge in [-0.25, -0.2) is 0 Å². The fourth-order valence-corrected chi connectivity index (χ4v) is 26.5. The fourth-order valence-electron chi connectivity index (χ4n) is 16.0. The molecule has 0 fully saturated rings. The number of hydrogen-bond donors (Lipinski definition) is 0. The molecule has 4 aliphatic heterocycles. The average Bonchev–Trinajstić information content (AvgIpc) is 0.699. The van der Waals surface area contributed by atoms with Crippen LogP contribution in [0, 0.1) is 0 Å². The quantitative estimate of drug-likeness (QED) is 0.127. The smallest absolute Gasteiger partial charge is 0.250 e. The zero-order valence-corrected chi connectivity index (χ0v) is 47.8. The summed E-state index contributed by atoms with van der Waals surface area (Å²) in [5.74, 6) is 3.72. The van der Waals surface area contributed by atoms with Crippen LogP contribution in [0.3, 0.4) is 0 Å². The van der Waals surface area contributed by atoms with Gasteiger partial charge in [-0.1, -0.05) is 284 Å². The Hall–Kier alpha value is -9.98. The standard InChI is InChI=1S/C78H50B2O2Si2/c1-4-22-53(23-5-1)83(54-24-6-2-7-25-54,55-26-8-3-9-27-55)56-44-47-66-72(50-56)82-70-37-21-41-76-78(70)80(66)68-35-17-19-39-74(68)84(76)73-38-18-16-34-67(73)79-65-46-43-52(49-71(65)81-69-36-20-40-75(84)77(69)79)51-42-45-63-61-32-13-12-30-59(61)57-28-10-11-29-58(57)60-31-14-15-33-62(60)64(63)48-51/h1-50H. The van der Waals surface area contributed by atoms with Gasteiger partial charge in [-0.15, -0.1) is 0 Å². The molecule has 388 valence electrons. The Labute approximate surface area is 492 Å². The SMILES string of the molecule is c1ccc([Si](c2ccccc2)(c2ccccc2)c2ccc3c(c2)Oc2cccc4c2B3c2ccccc2[Si]42c3ccccc3B3c4ccc(-c5ccc6c(c5)-c5ccccc5-c5ccccc5-c5ccccc5-6)cc4Oc4cccc2c43)cc1. The molecule has 1 aliphatic carbocycles. The molecule has 5 aliphatic rings. The van der Waals surface area contributed by atoms with Gasteiger partial charge in [0.25, 0.3) is 13.4 Å². The molecule has 13 aromatic rings. The lowest BCUT2D eigenvalue weighted by atomic mass is 9.35. The van der Waals surface area contributed by atoms with E-state index in [0.717, 1.165) is 34.1 Å². The molecule has 0 radical (unpaired) electrons. The summed E-state index contributed by atoms with van der Waals surface area (Å²) in [5, 5.41) is 11.0. The Kier molecular flexibility index (Phi) is 10.4. The van der Waals surface area contributed by atoms with Gasteiger partial charge in [0, 0.05) is 0 Å². The van der Waals surface area contributed by atoms with Crippen LogP contribution >= 0.6 is 0 Å². The number of ether oxygens (including phenoxy) is 2. The third-order valence-corrected chi connectivity index (χ3v) is 29.1. The van der Waals surface area contributed by atoms with Crippen molar-refractivity contribution in [1.82, 2.24) is 0 Å². The van der Waals surface area contributed by atoms with Crippen molar-refractivity contribution in [1.29, 1.82) is 0 Å². The predicted molar refractivity (Wildman–Crippen MR) is 357 cm³/mol. The molecule has 4 heterocycles. The van der Waals surface area contributed by atoms with E-state index in [-0.39, 0.29) is 13.4 Å². The van der Waals surface area contributed by atoms with E-state index in [2.05, 4.69) is 303 Å². The third-order valence-electron chi connectivity index (χ3n) is 19.3. The van der Waals surface area contributed by atoms with Crippen molar-refractivity contribution in [3.8, 4) is 78.6 Å².